The number of halogens is 1. The predicted molar refractivity (Wildman–Crippen MR) is 80.7 cm³/mol. The van der Waals surface area contributed by atoms with Crippen LogP contribution in [0.4, 0.5) is 0 Å². The van der Waals surface area contributed by atoms with Crippen LogP contribution in [0.15, 0.2) is 57.7 Å². The highest BCUT2D eigenvalue weighted by Gasteiger charge is 2.07. The molecule has 3 rings (SSSR count). The largest absolute Gasteiger partial charge is 0.468 e. The lowest BCUT2D eigenvalue weighted by Crippen LogP contribution is -1.80. The van der Waals surface area contributed by atoms with Crippen LogP contribution in [-0.2, 0) is 11.5 Å². The fourth-order valence-electron chi connectivity index (χ4n) is 1.76. The van der Waals surface area contributed by atoms with Crippen LogP contribution in [0.5, 0.6) is 0 Å². The van der Waals surface area contributed by atoms with Crippen LogP contribution in [0.1, 0.15) is 11.7 Å². The van der Waals surface area contributed by atoms with E-state index >= 15 is 0 Å². The van der Waals surface area contributed by atoms with Crippen molar-refractivity contribution in [2.24, 2.45) is 0 Å². The summed E-state index contributed by atoms with van der Waals surface area (Å²) < 4.78 is 11.0. The Morgan fingerprint density at radius 3 is 2.70 bits per heavy atom. The van der Waals surface area contributed by atoms with Crippen LogP contribution in [0.25, 0.3) is 11.3 Å². The van der Waals surface area contributed by atoms with Gasteiger partial charge in [-0.3, -0.25) is 0 Å². The maximum absolute atomic E-state index is 5.86. The molecule has 0 aliphatic heterocycles. The Labute approximate surface area is 126 Å². The van der Waals surface area contributed by atoms with Crippen molar-refractivity contribution in [2.75, 3.05) is 0 Å². The quantitative estimate of drug-likeness (QED) is 0.663. The standard InChI is InChI=1S/C15H12ClNO2S/c16-12-5-3-11(4-6-12)14-8-17-15(19-14)10-20-9-13-2-1-7-18-13/h1-8H,9-10H2. The number of aromatic nitrogens is 1. The minimum Gasteiger partial charge on any atom is -0.468 e. The van der Waals surface area contributed by atoms with Crippen LogP contribution in [-0.4, -0.2) is 4.98 Å². The lowest BCUT2D eigenvalue weighted by Gasteiger charge is -1.97. The molecule has 0 bridgehead atoms. The molecule has 0 saturated heterocycles. The first-order valence-corrected chi connectivity index (χ1v) is 7.65. The SMILES string of the molecule is Clc1ccc(-c2cnc(CSCc3ccco3)o2)cc1. The highest BCUT2D eigenvalue weighted by atomic mass is 35.5. The van der Waals surface area contributed by atoms with Crippen molar-refractivity contribution in [2.45, 2.75) is 11.5 Å². The summed E-state index contributed by atoms with van der Waals surface area (Å²) in [6, 6.07) is 11.4. The summed E-state index contributed by atoms with van der Waals surface area (Å²) in [6.07, 6.45) is 3.42. The van der Waals surface area contributed by atoms with Gasteiger partial charge in [-0.15, -0.1) is 11.8 Å². The summed E-state index contributed by atoms with van der Waals surface area (Å²) in [5, 5.41) is 0.711. The van der Waals surface area contributed by atoms with Crippen molar-refractivity contribution >= 4 is 23.4 Å². The average molecular weight is 306 g/mol. The summed E-state index contributed by atoms with van der Waals surface area (Å²) >= 11 is 7.57. The second-order valence-electron chi connectivity index (χ2n) is 4.20. The van der Waals surface area contributed by atoms with Crippen molar-refractivity contribution in [3.05, 3.63) is 65.5 Å². The molecule has 20 heavy (non-hydrogen) atoms. The summed E-state index contributed by atoms with van der Waals surface area (Å²) in [6.45, 7) is 0. The number of hydrogen-bond donors (Lipinski definition) is 0. The van der Waals surface area contributed by atoms with Crippen molar-refractivity contribution < 1.29 is 8.83 Å². The molecular formula is C15H12ClNO2S. The van der Waals surface area contributed by atoms with Gasteiger partial charge in [0, 0.05) is 10.6 Å². The third-order valence-corrected chi connectivity index (χ3v) is 3.92. The molecule has 0 saturated carbocycles. The third kappa shape index (κ3) is 3.26. The maximum Gasteiger partial charge on any atom is 0.204 e. The van der Waals surface area contributed by atoms with Gasteiger partial charge in [0.15, 0.2) is 5.76 Å². The third-order valence-electron chi connectivity index (χ3n) is 2.73. The summed E-state index contributed by atoms with van der Waals surface area (Å²) in [5.74, 6) is 3.96. The molecule has 0 fully saturated rings. The Hall–Kier alpha value is -1.65. The van der Waals surface area contributed by atoms with E-state index in [1.807, 2.05) is 36.4 Å². The second kappa shape index (κ2) is 6.20. The molecule has 0 amide bonds. The molecule has 2 aromatic heterocycles. The predicted octanol–water partition coefficient (Wildman–Crippen LogP) is 5.02. The Balaban J connectivity index is 1.60. The van der Waals surface area contributed by atoms with E-state index in [-0.39, 0.29) is 0 Å². The van der Waals surface area contributed by atoms with Gasteiger partial charge < -0.3 is 8.83 Å². The van der Waals surface area contributed by atoms with Crippen LogP contribution < -0.4 is 0 Å². The number of nitrogens with zero attached hydrogens (tertiary/aromatic N) is 1. The molecule has 2 heterocycles. The van der Waals surface area contributed by atoms with Crippen molar-refractivity contribution in [3.63, 3.8) is 0 Å². The first kappa shape index (κ1) is 13.3. The minimum absolute atomic E-state index is 0.711. The monoisotopic (exact) mass is 305 g/mol. The Bertz CT molecular complexity index is 662. The Morgan fingerprint density at radius 2 is 1.95 bits per heavy atom. The average Bonchev–Trinajstić information content (AvgIpc) is 3.11. The molecule has 0 aliphatic carbocycles. The number of rotatable bonds is 5. The molecule has 0 atom stereocenters. The molecule has 3 aromatic rings. The molecule has 102 valence electrons. The summed E-state index contributed by atoms with van der Waals surface area (Å²) in [5.41, 5.74) is 0.976. The maximum atomic E-state index is 5.86. The minimum atomic E-state index is 0.711. The first-order valence-electron chi connectivity index (χ1n) is 6.12. The Kier molecular flexibility index (Phi) is 4.14. The van der Waals surface area contributed by atoms with E-state index < -0.39 is 0 Å². The molecule has 0 unspecified atom stereocenters. The smallest absolute Gasteiger partial charge is 0.204 e. The van der Waals surface area contributed by atoms with Gasteiger partial charge >= 0.3 is 0 Å². The van der Waals surface area contributed by atoms with Gasteiger partial charge in [-0.1, -0.05) is 11.6 Å². The van der Waals surface area contributed by atoms with E-state index in [1.165, 1.54) is 0 Å². The Morgan fingerprint density at radius 1 is 1.10 bits per heavy atom. The molecule has 0 N–H and O–H groups in total. The fraction of sp³-hybridized carbons (Fsp3) is 0.133. The lowest BCUT2D eigenvalue weighted by molar-refractivity contribution is 0.526. The van der Waals surface area contributed by atoms with Gasteiger partial charge in [-0.25, -0.2) is 4.98 Å². The second-order valence-corrected chi connectivity index (χ2v) is 5.62. The first-order chi connectivity index (χ1) is 9.81. The van der Waals surface area contributed by atoms with E-state index in [0.29, 0.717) is 16.7 Å². The van der Waals surface area contributed by atoms with E-state index in [4.69, 9.17) is 20.4 Å². The molecule has 0 spiro atoms. The van der Waals surface area contributed by atoms with Gasteiger partial charge in [0.2, 0.25) is 5.89 Å². The van der Waals surface area contributed by atoms with E-state index in [2.05, 4.69) is 4.98 Å². The number of benzene rings is 1. The van der Waals surface area contributed by atoms with Crippen molar-refractivity contribution in [1.29, 1.82) is 0 Å². The molecule has 1 aromatic carbocycles. The topological polar surface area (TPSA) is 39.2 Å². The van der Waals surface area contributed by atoms with Gasteiger partial charge in [0.05, 0.1) is 24.0 Å². The molecule has 0 radical (unpaired) electrons. The van der Waals surface area contributed by atoms with Crippen molar-refractivity contribution in [1.82, 2.24) is 4.98 Å². The molecule has 0 aliphatic rings. The number of thioether (sulfide) groups is 1. The van der Waals surface area contributed by atoms with Crippen LogP contribution in [0.2, 0.25) is 5.02 Å². The van der Waals surface area contributed by atoms with E-state index in [0.717, 1.165) is 22.8 Å². The van der Waals surface area contributed by atoms with Crippen molar-refractivity contribution in [3.8, 4) is 11.3 Å². The zero-order valence-electron chi connectivity index (χ0n) is 10.6. The highest BCUT2D eigenvalue weighted by molar-refractivity contribution is 7.97. The van der Waals surface area contributed by atoms with E-state index in [9.17, 15) is 0 Å². The fourth-order valence-corrected chi connectivity index (χ4v) is 2.66. The summed E-state index contributed by atoms with van der Waals surface area (Å²) in [7, 11) is 0. The van der Waals surface area contributed by atoms with Crippen LogP contribution >= 0.6 is 23.4 Å². The van der Waals surface area contributed by atoms with Crippen LogP contribution in [0, 0.1) is 0 Å². The van der Waals surface area contributed by atoms with E-state index in [1.54, 1.807) is 24.2 Å². The number of oxazole rings is 1. The van der Waals surface area contributed by atoms with Gasteiger partial charge in [-0.05, 0) is 36.4 Å². The summed E-state index contributed by atoms with van der Waals surface area (Å²) in [4.78, 5) is 4.28. The zero-order valence-corrected chi connectivity index (χ0v) is 12.2. The molecular weight excluding hydrogens is 294 g/mol. The highest BCUT2D eigenvalue weighted by Crippen LogP contribution is 2.24. The molecule has 5 heteroatoms. The normalized spacial score (nSPS) is 10.8. The molecule has 3 nitrogen and oxygen atoms in total. The van der Waals surface area contributed by atoms with Gasteiger partial charge in [0.1, 0.15) is 5.76 Å². The number of hydrogen-bond acceptors (Lipinski definition) is 4. The van der Waals surface area contributed by atoms with Crippen LogP contribution in [0.3, 0.4) is 0 Å². The zero-order chi connectivity index (χ0) is 13.8. The lowest BCUT2D eigenvalue weighted by atomic mass is 10.2. The van der Waals surface area contributed by atoms with Gasteiger partial charge in [0.25, 0.3) is 0 Å². The number of furan rings is 1. The van der Waals surface area contributed by atoms with Gasteiger partial charge in [-0.2, -0.15) is 0 Å².